The zero-order valence-electron chi connectivity index (χ0n) is 7.59. The number of aromatic nitrogens is 3. The molecule has 0 spiro atoms. The largest absolute Gasteiger partial charge is 0.317 e. The van der Waals surface area contributed by atoms with Crippen molar-refractivity contribution >= 4 is 34.7 Å². The maximum Gasteiger partial charge on any atom is 0.184 e. The Kier molecular flexibility index (Phi) is 2.94. The summed E-state index contributed by atoms with van der Waals surface area (Å²) in [5.41, 5.74) is 0. The Labute approximate surface area is 96.9 Å². The van der Waals surface area contributed by atoms with Gasteiger partial charge in [0.1, 0.15) is 12.1 Å². The first-order chi connectivity index (χ1) is 7.25. The van der Waals surface area contributed by atoms with Gasteiger partial charge in [-0.2, -0.15) is 0 Å². The van der Waals surface area contributed by atoms with E-state index >= 15 is 0 Å². The number of pyridine rings is 1. The smallest absolute Gasteiger partial charge is 0.184 e. The fraction of sp³-hybridized carbons (Fsp3) is 0. The highest BCUT2D eigenvalue weighted by molar-refractivity contribution is 7.80. The number of nitrogens with one attached hydrogen (secondary N) is 1. The number of thiocarbonyl (C=S) groups is 1. The zero-order valence-corrected chi connectivity index (χ0v) is 9.16. The quantitative estimate of drug-likeness (QED) is 0.774. The van der Waals surface area contributed by atoms with Crippen molar-refractivity contribution in [2.24, 2.45) is 0 Å². The standard InChI is InChI=1S/C9H7ClN4S/c10-7-1-2-8(12-5-7)13-9(15)14-4-3-11-6-14/h1-6H,(H,12,13,15). The third kappa shape index (κ3) is 2.51. The summed E-state index contributed by atoms with van der Waals surface area (Å²) in [6.07, 6.45) is 6.58. The average Bonchev–Trinajstić information content (AvgIpc) is 2.74. The molecule has 4 nitrogen and oxygen atoms in total. The monoisotopic (exact) mass is 238 g/mol. The van der Waals surface area contributed by atoms with Crippen LogP contribution in [-0.4, -0.2) is 19.6 Å². The van der Waals surface area contributed by atoms with Crippen LogP contribution in [0.5, 0.6) is 0 Å². The van der Waals surface area contributed by atoms with Crippen LogP contribution in [0, 0.1) is 0 Å². The molecule has 0 aromatic carbocycles. The SMILES string of the molecule is S=C(Nc1ccc(Cl)cn1)n1ccnc1. The lowest BCUT2D eigenvalue weighted by molar-refractivity contribution is 1.14. The molecule has 0 aliphatic rings. The lowest BCUT2D eigenvalue weighted by atomic mass is 10.5. The van der Waals surface area contributed by atoms with Crippen LogP contribution in [0.15, 0.2) is 37.1 Å². The summed E-state index contributed by atoms with van der Waals surface area (Å²) in [4.78, 5) is 7.96. The molecular formula is C9H7ClN4S. The number of hydrogen-bond acceptors (Lipinski definition) is 3. The van der Waals surface area contributed by atoms with Crippen molar-refractivity contribution in [2.75, 3.05) is 5.32 Å². The Morgan fingerprint density at radius 3 is 2.93 bits per heavy atom. The Morgan fingerprint density at radius 1 is 1.47 bits per heavy atom. The number of hydrogen-bond donors (Lipinski definition) is 1. The van der Waals surface area contributed by atoms with Crippen molar-refractivity contribution in [3.05, 3.63) is 42.1 Å². The van der Waals surface area contributed by atoms with Crippen molar-refractivity contribution in [2.45, 2.75) is 0 Å². The molecule has 1 N–H and O–H groups in total. The fourth-order valence-corrected chi connectivity index (χ4v) is 1.33. The van der Waals surface area contributed by atoms with Crippen LogP contribution >= 0.6 is 23.8 Å². The molecule has 0 saturated heterocycles. The minimum Gasteiger partial charge on any atom is -0.317 e. The van der Waals surface area contributed by atoms with E-state index in [2.05, 4.69) is 15.3 Å². The van der Waals surface area contributed by atoms with Gasteiger partial charge in [-0.25, -0.2) is 9.97 Å². The maximum absolute atomic E-state index is 5.71. The van der Waals surface area contributed by atoms with Gasteiger partial charge in [-0.1, -0.05) is 11.6 Å². The van der Waals surface area contributed by atoms with E-state index in [4.69, 9.17) is 23.8 Å². The molecule has 0 amide bonds. The summed E-state index contributed by atoms with van der Waals surface area (Å²) in [7, 11) is 0. The first kappa shape index (κ1) is 10.1. The molecule has 0 unspecified atom stereocenters. The van der Waals surface area contributed by atoms with Gasteiger partial charge in [0.25, 0.3) is 0 Å². The molecule has 0 radical (unpaired) electrons. The Morgan fingerprint density at radius 2 is 2.33 bits per heavy atom. The second-order valence-corrected chi connectivity index (χ2v) is 3.58. The molecule has 76 valence electrons. The van der Waals surface area contributed by atoms with E-state index in [0.29, 0.717) is 16.0 Å². The number of rotatable bonds is 1. The van der Waals surface area contributed by atoms with E-state index in [1.165, 1.54) is 0 Å². The summed E-state index contributed by atoms with van der Waals surface area (Å²) in [5, 5.41) is 4.06. The third-order valence-corrected chi connectivity index (χ3v) is 2.24. The van der Waals surface area contributed by atoms with Gasteiger partial charge in [0.2, 0.25) is 0 Å². The van der Waals surface area contributed by atoms with E-state index in [9.17, 15) is 0 Å². The first-order valence-corrected chi connectivity index (χ1v) is 4.95. The second kappa shape index (κ2) is 4.37. The van der Waals surface area contributed by atoms with Gasteiger partial charge in [0.15, 0.2) is 5.11 Å². The van der Waals surface area contributed by atoms with Gasteiger partial charge in [-0.15, -0.1) is 0 Å². The van der Waals surface area contributed by atoms with Crippen molar-refractivity contribution in [3.8, 4) is 0 Å². The highest BCUT2D eigenvalue weighted by Crippen LogP contribution is 2.09. The molecule has 2 heterocycles. The molecule has 0 atom stereocenters. The highest BCUT2D eigenvalue weighted by atomic mass is 35.5. The van der Waals surface area contributed by atoms with Gasteiger partial charge in [0, 0.05) is 18.6 Å². The summed E-state index contributed by atoms with van der Waals surface area (Å²) >= 11 is 10.8. The summed E-state index contributed by atoms with van der Waals surface area (Å²) in [5.74, 6) is 0.651. The minimum absolute atomic E-state index is 0.516. The van der Waals surface area contributed by atoms with Gasteiger partial charge in [-0.3, -0.25) is 4.57 Å². The number of halogens is 1. The molecule has 2 aromatic rings. The maximum atomic E-state index is 5.71. The third-order valence-electron chi connectivity index (χ3n) is 1.70. The number of imidazole rings is 1. The summed E-state index contributed by atoms with van der Waals surface area (Å²) in [6, 6.07) is 3.50. The Balaban J connectivity index is 2.09. The lowest BCUT2D eigenvalue weighted by Crippen LogP contribution is -2.17. The van der Waals surface area contributed by atoms with Gasteiger partial charge in [0.05, 0.1) is 5.02 Å². The highest BCUT2D eigenvalue weighted by Gasteiger charge is 2.00. The van der Waals surface area contributed by atoms with E-state index in [0.717, 1.165) is 0 Å². The van der Waals surface area contributed by atoms with Crippen LogP contribution in [0.25, 0.3) is 0 Å². The van der Waals surface area contributed by atoms with Crippen LogP contribution in [-0.2, 0) is 0 Å². The lowest BCUT2D eigenvalue weighted by Gasteiger charge is -2.06. The molecule has 0 fully saturated rings. The van der Waals surface area contributed by atoms with Crippen LogP contribution in [0.4, 0.5) is 5.82 Å². The molecule has 2 rings (SSSR count). The van der Waals surface area contributed by atoms with Crippen LogP contribution < -0.4 is 5.32 Å². The van der Waals surface area contributed by atoms with Crippen LogP contribution in [0.3, 0.4) is 0 Å². The second-order valence-electron chi connectivity index (χ2n) is 2.76. The molecule has 15 heavy (non-hydrogen) atoms. The zero-order chi connectivity index (χ0) is 10.7. The van der Waals surface area contributed by atoms with Crippen molar-refractivity contribution in [1.82, 2.24) is 14.5 Å². The summed E-state index contributed by atoms with van der Waals surface area (Å²) in [6.45, 7) is 0. The van der Waals surface area contributed by atoms with Gasteiger partial charge < -0.3 is 5.32 Å². The normalized spacial score (nSPS) is 9.93. The van der Waals surface area contributed by atoms with Gasteiger partial charge in [-0.05, 0) is 24.4 Å². The van der Waals surface area contributed by atoms with Crippen molar-refractivity contribution in [1.29, 1.82) is 0 Å². The van der Waals surface area contributed by atoms with E-state index in [1.807, 2.05) is 0 Å². The molecule has 0 aliphatic heterocycles. The van der Waals surface area contributed by atoms with Crippen molar-refractivity contribution < 1.29 is 0 Å². The molecule has 0 bridgehead atoms. The Hall–Kier alpha value is -1.46. The first-order valence-electron chi connectivity index (χ1n) is 4.16. The molecule has 0 saturated carbocycles. The number of anilines is 1. The predicted molar refractivity (Wildman–Crippen MR) is 63.1 cm³/mol. The molecule has 2 aromatic heterocycles. The van der Waals surface area contributed by atoms with Crippen molar-refractivity contribution in [3.63, 3.8) is 0 Å². The van der Waals surface area contributed by atoms with E-state index in [1.54, 1.807) is 41.6 Å². The topological polar surface area (TPSA) is 42.7 Å². The average molecular weight is 239 g/mol. The predicted octanol–water partition coefficient (Wildman–Crippen LogP) is 2.18. The van der Waals surface area contributed by atoms with Crippen LogP contribution in [0.1, 0.15) is 0 Å². The molecule has 6 heteroatoms. The van der Waals surface area contributed by atoms with E-state index in [-0.39, 0.29) is 0 Å². The van der Waals surface area contributed by atoms with Gasteiger partial charge >= 0.3 is 0 Å². The minimum atomic E-state index is 0.516. The van der Waals surface area contributed by atoms with Crippen LogP contribution in [0.2, 0.25) is 5.02 Å². The molecular weight excluding hydrogens is 232 g/mol. The summed E-state index contributed by atoms with van der Waals surface area (Å²) < 4.78 is 1.69. The number of nitrogens with zero attached hydrogens (tertiary/aromatic N) is 3. The molecule has 0 aliphatic carbocycles. The van der Waals surface area contributed by atoms with E-state index < -0.39 is 0 Å². The Bertz CT molecular complexity index is 451. The fourth-order valence-electron chi connectivity index (χ4n) is 1.00.